The Morgan fingerprint density at radius 2 is 0.939 bits per heavy atom. The number of rotatable bonds is 3. The molecule has 49 heavy (non-hydrogen) atoms. The molecule has 8 aromatic carbocycles. The minimum atomic E-state index is 0.905. The molecule has 0 amide bonds. The van der Waals surface area contributed by atoms with Crippen LogP contribution >= 0.6 is 0 Å². The number of aromatic nitrogens is 2. The van der Waals surface area contributed by atoms with Crippen LogP contribution in [0.15, 0.2) is 174 Å². The highest BCUT2D eigenvalue weighted by atomic mass is 16.3. The lowest BCUT2D eigenvalue weighted by atomic mass is 10.0. The van der Waals surface area contributed by atoms with E-state index in [1.54, 1.807) is 0 Å². The van der Waals surface area contributed by atoms with Crippen molar-refractivity contribution in [3.8, 4) is 22.5 Å². The smallest absolute Gasteiger partial charge is 0.135 e. The van der Waals surface area contributed by atoms with Crippen LogP contribution in [0.25, 0.3) is 98.8 Å². The van der Waals surface area contributed by atoms with Gasteiger partial charge in [-0.25, -0.2) is 0 Å². The standard InChI is InChI=1S/C46H28N2O/c1-2-12-33-29(10-1)11-9-18-40(33)48-42-17-7-4-14-35(42)38-26-30(21-24-43(38)48)31-20-23-36-34-13-3-6-16-41(34)47(44(36)27-31)32-22-25-46-39(28-32)37-15-5-8-19-45(37)49-46/h1-28H. The van der Waals surface area contributed by atoms with E-state index in [2.05, 4.69) is 167 Å². The van der Waals surface area contributed by atoms with Gasteiger partial charge in [-0.3, -0.25) is 0 Å². The molecule has 0 unspecified atom stereocenters. The van der Waals surface area contributed by atoms with Gasteiger partial charge in [0.1, 0.15) is 11.2 Å². The third kappa shape index (κ3) is 3.78. The first kappa shape index (κ1) is 26.5. The molecule has 11 rings (SSSR count). The van der Waals surface area contributed by atoms with Crippen molar-refractivity contribution in [1.29, 1.82) is 0 Å². The molecule has 0 N–H and O–H groups in total. The number of hydrogen-bond donors (Lipinski definition) is 0. The Morgan fingerprint density at radius 1 is 0.327 bits per heavy atom. The van der Waals surface area contributed by atoms with Crippen molar-refractivity contribution >= 4 is 76.3 Å². The van der Waals surface area contributed by atoms with E-state index in [0.29, 0.717) is 0 Å². The molecule has 0 aliphatic carbocycles. The van der Waals surface area contributed by atoms with Gasteiger partial charge in [0, 0.05) is 43.4 Å². The van der Waals surface area contributed by atoms with Crippen LogP contribution < -0.4 is 0 Å². The van der Waals surface area contributed by atoms with Crippen LogP contribution in [0.4, 0.5) is 0 Å². The van der Waals surface area contributed by atoms with E-state index in [1.165, 1.54) is 71.2 Å². The first-order chi connectivity index (χ1) is 24.3. The summed E-state index contributed by atoms with van der Waals surface area (Å²) in [5, 5.41) is 9.74. The SMILES string of the molecule is c1ccc2c(-n3c4ccccc4c4cc(-c5ccc6c7ccccc7n(-c7ccc8oc9ccccc9c8c7)c6c5)ccc43)cccc2c1. The fourth-order valence-corrected chi connectivity index (χ4v) is 8.10. The summed E-state index contributed by atoms with van der Waals surface area (Å²) in [4.78, 5) is 0. The van der Waals surface area contributed by atoms with E-state index in [4.69, 9.17) is 4.42 Å². The van der Waals surface area contributed by atoms with Gasteiger partial charge in [-0.2, -0.15) is 0 Å². The average Bonchev–Trinajstić information content (AvgIpc) is 3.81. The summed E-state index contributed by atoms with van der Waals surface area (Å²) in [6, 6.07) is 61.4. The van der Waals surface area contributed by atoms with Gasteiger partial charge < -0.3 is 13.6 Å². The second kappa shape index (κ2) is 9.96. The van der Waals surface area contributed by atoms with Crippen molar-refractivity contribution in [2.24, 2.45) is 0 Å². The molecule has 0 bridgehead atoms. The summed E-state index contributed by atoms with van der Waals surface area (Å²) in [7, 11) is 0. The first-order valence-corrected chi connectivity index (χ1v) is 16.8. The molecule has 0 spiro atoms. The predicted octanol–water partition coefficient (Wildman–Crippen LogP) is 12.6. The Hall–Kier alpha value is -6.58. The molecule has 0 aliphatic heterocycles. The molecule has 3 aromatic heterocycles. The van der Waals surface area contributed by atoms with E-state index < -0.39 is 0 Å². The highest BCUT2D eigenvalue weighted by Crippen LogP contribution is 2.40. The zero-order chi connectivity index (χ0) is 32.1. The topological polar surface area (TPSA) is 23.0 Å². The lowest BCUT2D eigenvalue weighted by Gasteiger charge is -2.12. The Kier molecular flexibility index (Phi) is 5.38. The maximum Gasteiger partial charge on any atom is 0.135 e. The van der Waals surface area contributed by atoms with Crippen LogP contribution in [0.5, 0.6) is 0 Å². The summed E-state index contributed by atoms with van der Waals surface area (Å²) >= 11 is 0. The molecular formula is C46H28N2O. The molecule has 0 saturated carbocycles. The first-order valence-electron chi connectivity index (χ1n) is 16.8. The zero-order valence-electron chi connectivity index (χ0n) is 26.5. The minimum absolute atomic E-state index is 0.905. The maximum atomic E-state index is 6.18. The molecule has 0 fully saturated rings. The number of hydrogen-bond acceptors (Lipinski definition) is 1. The Balaban J connectivity index is 1.14. The van der Waals surface area contributed by atoms with E-state index in [-0.39, 0.29) is 0 Å². The molecule has 0 atom stereocenters. The third-order valence-electron chi connectivity index (χ3n) is 10.3. The molecule has 0 radical (unpaired) electrons. The molecule has 11 aromatic rings. The van der Waals surface area contributed by atoms with Gasteiger partial charge in [0.05, 0.1) is 27.8 Å². The van der Waals surface area contributed by atoms with Gasteiger partial charge in [0.2, 0.25) is 0 Å². The van der Waals surface area contributed by atoms with Crippen LogP contribution in [0.3, 0.4) is 0 Å². The lowest BCUT2D eigenvalue weighted by Crippen LogP contribution is -1.95. The summed E-state index contributed by atoms with van der Waals surface area (Å²) in [5.74, 6) is 0. The van der Waals surface area contributed by atoms with Gasteiger partial charge in [-0.05, 0) is 77.2 Å². The number of furan rings is 1. The van der Waals surface area contributed by atoms with Gasteiger partial charge in [-0.1, -0.05) is 109 Å². The molecule has 0 saturated heterocycles. The highest BCUT2D eigenvalue weighted by molar-refractivity contribution is 6.13. The van der Waals surface area contributed by atoms with Crippen LogP contribution in [-0.4, -0.2) is 9.13 Å². The van der Waals surface area contributed by atoms with Crippen LogP contribution in [0, 0.1) is 0 Å². The second-order valence-electron chi connectivity index (χ2n) is 12.9. The van der Waals surface area contributed by atoms with E-state index in [9.17, 15) is 0 Å². The number of nitrogens with zero attached hydrogens (tertiary/aromatic N) is 2. The van der Waals surface area contributed by atoms with Crippen molar-refractivity contribution in [3.63, 3.8) is 0 Å². The largest absolute Gasteiger partial charge is 0.456 e. The quantitative estimate of drug-likeness (QED) is 0.192. The van der Waals surface area contributed by atoms with Crippen molar-refractivity contribution in [2.75, 3.05) is 0 Å². The molecular weight excluding hydrogens is 597 g/mol. The molecule has 228 valence electrons. The maximum absolute atomic E-state index is 6.18. The van der Waals surface area contributed by atoms with E-state index in [1.807, 2.05) is 12.1 Å². The normalized spacial score (nSPS) is 12.1. The summed E-state index contributed by atoms with van der Waals surface area (Å²) in [5.41, 5.74) is 11.3. The van der Waals surface area contributed by atoms with Gasteiger partial charge >= 0.3 is 0 Å². The lowest BCUT2D eigenvalue weighted by molar-refractivity contribution is 0.669. The number of fused-ring (bicyclic) bond motifs is 10. The predicted molar refractivity (Wildman–Crippen MR) is 205 cm³/mol. The van der Waals surface area contributed by atoms with E-state index in [0.717, 1.165) is 27.6 Å². The highest BCUT2D eigenvalue weighted by Gasteiger charge is 2.18. The van der Waals surface area contributed by atoms with Crippen molar-refractivity contribution in [1.82, 2.24) is 9.13 Å². The second-order valence-corrected chi connectivity index (χ2v) is 12.9. The minimum Gasteiger partial charge on any atom is -0.456 e. The van der Waals surface area contributed by atoms with Crippen molar-refractivity contribution in [3.05, 3.63) is 170 Å². The van der Waals surface area contributed by atoms with E-state index >= 15 is 0 Å². The van der Waals surface area contributed by atoms with Crippen molar-refractivity contribution in [2.45, 2.75) is 0 Å². The third-order valence-corrected chi connectivity index (χ3v) is 10.3. The van der Waals surface area contributed by atoms with Crippen LogP contribution in [0.2, 0.25) is 0 Å². The fourth-order valence-electron chi connectivity index (χ4n) is 8.10. The summed E-state index contributed by atoms with van der Waals surface area (Å²) < 4.78 is 11.0. The Labute approximate surface area is 281 Å². The molecule has 3 heterocycles. The Morgan fingerprint density at radius 3 is 1.82 bits per heavy atom. The molecule has 0 aliphatic rings. The van der Waals surface area contributed by atoms with Crippen LogP contribution in [0.1, 0.15) is 0 Å². The number of para-hydroxylation sites is 3. The monoisotopic (exact) mass is 624 g/mol. The average molecular weight is 625 g/mol. The molecule has 3 heteroatoms. The molecule has 3 nitrogen and oxygen atoms in total. The van der Waals surface area contributed by atoms with Gasteiger partial charge in [-0.15, -0.1) is 0 Å². The van der Waals surface area contributed by atoms with Gasteiger partial charge in [0.15, 0.2) is 0 Å². The van der Waals surface area contributed by atoms with Crippen molar-refractivity contribution < 1.29 is 4.42 Å². The zero-order valence-corrected chi connectivity index (χ0v) is 26.5. The van der Waals surface area contributed by atoms with Crippen LogP contribution in [-0.2, 0) is 0 Å². The fraction of sp³-hybridized carbons (Fsp3) is 0. The summed E-state index contributed by atoms with van der Waals surface area (Å²) in [6.45, 7) is 0. The Bertz CT molecular complexity index is 3110. The summed E-state index contributed by atoms with van der Waals surface area (Å²) in [6.07, 6.45) is 0. The van der Waals surface area contributed by atoms with Gasteiger partial charge in [0.25, 0.3) is 0 Å². The number of benzene rings is 8.